The summed E-state index contributed by atoms with van der Waals surface area (Å²) in [6.07, 6.45) is 2.77. The van der Waals surface area contributed by atoms with Crippen molar-refractivity contribution < 1.29 is 31.9 Å². The minimum absolute atomic E-state index is 0.0973. The lowest BCUT2D eigenvalue weighted by Gasteiger charge is -2.29. The Labute approximate surface area is 243 Å². The van der Waals surface area contributed by atoms with Crippen LogP contribution in [0.1, 0.15) is 76.8 Å². The monoisotopic (exact) mass is 597 g/mol. The quantitative estimate of drug-likeness (QED) is 0.226. The number of allylic oxidation sites excluding steroid dienone is 3. The zero-order valence-electron chi connectivity index (χ0n) is 24.3. The van der Waals surface area contributed by atoms with Gasteiger partial charge >= 0.3 is 6.09 Å². The molecule has 1 aromatic rings. The van der Waals surface area contributed by atoms with Crippen LogP contribution < -0.4 is 11.1 Å². The summed E-state index contributed by atoms with van der Waals surface area (Å²) in [6.45, 7) is 5.98. The van der Waals surface area contributed by atoms with Gasteiger partial charge in [0.1, 0.15) is 18.0 Å². The van der Waals surface area contributed by atoms with Gasteiger partial charge in [0.2, 0.25) is 5.91 Å². The first kappa shape index (κ1) is 34.4. The first-order valence-electron chi connectivity index (χ1n) is 14.4. The van der Waals surface area contributed by atoms with Crippen LogP contribution in [0.25, 0.3) is 0 Å². The van der Waals surface area contributed by atoms with Gasteiger partial charge in [-0.1, -0.05) is 57.9 Å². The van der Waals surface area contributed by atoms with Gasteiger partial charge in [-0.25, -0.2) is 22.0 Å². The van der Waals surface area contributed by atoms with Gasteiger partial charge in [0.05, 0.1) is 11.0 Å². The third-order valence-electron chi connectivity index (χ3n) is 7.20. The number of nitrogens with one attached hydrogen (secondary N) is 1. The number of hydrogen-bond donors (Lipinski definition) is 3. The van der Waals surface area contributed by atoms with Gasteiger partial charge in [0, 0.05) is 25.6 Å². The van der Waals surface area contributed by atoms with E-state index < -0.39 is 56.9 Å². The van der Waals surface area contributed by atoms with Gasteiger partial charge in [-0.3, -0.25) is 4.79 Å². The van der Waals surface area contributed by atoms with Gasteiger partial charge in [0.25, 0.3) is 0 Å². The highest BCUT2D eigenvalue weighted by atomic mass is 32.2. The van der Waals surface area contributed by atoms with E-state index in [2.05, 4.69) is 5.32 Å². The van der Waals surface area contributed by atoms with Crippen LogP contribution in [-0.2, 0) is 27.6 Å². The summed E-state index contributed by atoms with van der Waals surface area (Å²) in [7, 11) is -3.80. The van der Waals surface area contributed by atoms with E-state index in [1.807, 2.05) is 45.0 Å². The van der Waals surface area contributed by atoms with Crippen molar-refractivity contribution in [2.45, 2.75) is 102 Å². The summed E-state index contributed by atoms with van der Waals surface area (Å²) >= 11 is 0. The summed E-state index contributed by atoms with van der Waals surface area (Å²) in [5, 5.41) is 11.0. The van der Waals surface area contributed by atoms with Gasteiger partial charge in [-0.15, -0.1) is 0 Å². The van der Waals surface area contributed by atoms with Crippen molar-refractivity contribution in [2.24, 2.45) is 5.73 Å². The maximum absolute atomic E-state index is 13.8. The predicted octanol–water partition coefficient (Wildman–Crippen LogP) is 5.23. The molecule has 4 N–H and O–H groups in total. The van der Waals surface area contributed by atoms with Gasteiger partial charge in [-0.05, 0) is 61.0 Å². The molecular formula is C30H45F2N3O5S. The highest BCUT2D eigenvalue weighted by Gasteiger charge is 2.34. The number of carboxylic acid groups (broad SMARTS) is 1. The lowest BCUT2D eigenvalue weighted by atomic mass is 9.97. The summed E-state index contributed by atoms with van der Waals surface area (Å²) in [5.74, 6) is -1.86. The molecule has 3 atom stereocenters. The van der Waals surface area contributed by atoms with Crippen LogP contribution in [0.4, 0.5) is 13.6 Å². The molecule has 230 valence electrons. The molecule has 1 aromatic carbocycles. The number of sulfone groups is 1. The van der Waals surface area contributed by atoms with Crippen LogP contribution in [-0.4, -0.2) is 66.2 Å². The van der Waals surface area contributed by atoms with Crippen LogP contribution in [0.3, 0.4) is 0 Å². The number of nitrogens with two attached hydrogens (primary N) is 1. The average molecular weight is 598 g/mol. The van der Waals surface area contributed by atoms with E-state index in [1.165, 1.54) is 17.1 Å². The maximum Gasteiger partial charge on any atom is 0.405 e. The fraction of sp³-hybridized carbons (Fsp3) is 0.600. The highest BCUT2D eigenvalue weighted by molar-refractivity contribution is 7.92. The van der Waals surface area contributed by atoms with Crippen molar-refractivity contribution in [2.75, 3.05) is 12.3 Å². The van der Waals surface area contributed by atoms with Crippen LogP contribution in [0.15, 0.2) is 47.8 Å². The molecule has 2 amide bonds. The third kappa shape index (κ3) is 11.5. The predicted molar refractivity (Wildman–Crippen MR) is 158 cm³/mol. The number of carbonyl (C=O) groups is 2. The molecule has 0 spiro atoms. The standard InChI is InChI=1S/C30H45F2N3O5S/c1-4-8-27(9-5-2)41(39,40)20-28(34-30(37)38)29(36)35(19-22-11-7-10-21(6-3)14-22)13-12-26(33)17-23-15-24(31)18-25(32)16-23/h7,10-11,14-16,24,26-28,34H,4-6,8-9,12-13,17-20,33H2,1-3H3,(H,37,38)/t24?,26-,28?/m1/s1. The molecule has 8 nitrogen and oxygen atoms in total. The van der Waals surface area contributed by atoms with E-state index in [0.717, 1.165) is 17.5 Å². The Morgan fingerprint density at radius 2 is 1.80 bits per heavy atom. The minimum atomic E-state index is -3.80. The summed E-state index contributed by atoms with van der Waals surface area (Å²) in [5.41, 5.74) is 8.59. The fourth-order valence-electron chi connectivity index (χ4n) is 5.13. The number of alkyl halides is 1. The summed E-state index contributed by atoms with van der Waals surface area (Å²) in [4.78, 5) is 26.9. The first-order chi connectivity index (χ1) is 19.4. The molecule has 2 unspecified atom stereocenters. The number of carbonyl (C=O) groups excluding carboxylic acids is 1. The number of nitrogens with zero attached hydrogens (tertiary/aromatic N) is 1. The van der Waals surface area contributed by atoms with E-state index in [1.54, 1.807) is 0 Å². The number of benzene rings is 1. The second-order valence-electron chi connectivity index (χ2n) is 10.8. The lowest BCUT2D eigenvalue weighted by Crippen LogP contribution is -2.52. The maximum atomic E-state index is 13.8. The van der Waals surface area contributed by atoms with Crippen LogP contribution in [0.2, 0.25) is 0 Å². The van der Waals surface area contributed by atoms with E-state index in [-0.39, 0.29) is 32.4 Å². The Morgan fingerprint density at radius 3 is 2.39 bits per heavy atom. The SMILES string of the molecule is CCCC(CCC)S(=O)(=O)CC(NC(=O)O)C(=O)N(CC[C@@H](N)CC1=CC(F)CC(F)=C1)Cc1cccc(CC)c1. The van der Waals surface area contributed by atoms with Gasteiger partial charge in [0.15, 0.2) is 9.84 Å². The minimum Gasteiger partial charge on any atom is -0.465 e. The highest BCUT2D eigenvalue weighted by Crippen LogP contribution is 2.24. The fourth-order valence-corrected chi connectivity index (χ4v) is 7.29. The molecule has 1 aliphatic rings. The number of rotatable bonds is 17. The van der Waals surface area contributed by atoms with Crippen molar-refractivity contribution in [1.29, 1.82) is 0 Å². The normalized spacial score (nSPS) is 17.0. The van der Waals surface area contributed by atoms with Crippen molar-refractivity contribution in [3.05, 3.63) is 58.9 Å². The lowest BCUT2D eigenvalue weighted by molar-refractivity contribution is -0.133. The molecule has 11 heteroatoms. The largest absolute Gasteiger partial charge is 0.465 e. The smallest absolute Gasteiger partial charge is 0.405 e. The molecular weight excluding hydrogens is 552 g/mol. The van der Waals surface area contributed by atoms with Crippen molar-refractivity contribution in [3.63, 3.8) is 0 Å². The Morgan fingerprint density at radius 1 is 1.15 bits per heavy atom. The molecule has 41 heavy (non-hydrogen) atoms. The number of hydrogen-bond acceptors (Lipinski definition) is 5. The Hall–Kier alpha value is -2.79. The molecule has 0 heterocycles. The Kier molecular flexibility index (Phi) is 13.9. The molecule has 2 rings (SSSR count). The number of halogens is 2. The second kappa shape index (κ2) is 16.6. The molecule has 1 aliphatic carbocycles. The van der Waals surface area contributed by atoms with E-state index in [0.29, 0.717) is 31.3 Å². The van der Waals surface area contributed by atoms with E-state index in [9.17, 15) is 31.9 Å². The zero-order chi connectivity index (χ0) is 30.6. The van der Waals surface area contributed by atoms with Crippen LogP contribution in [0, 0.1) is 0 Å². The summed E-state index contributed by atoms with van der Waals surface area (Å²) < 4.78 is 54.1. The number of amides is 2. The van der Waals surface area contributed by atoms with Crippen LogP contribution in [0.5, 0.6) is 0 Å². The molecule has 0 aromatic heterocycles. The molecule has 0 bridgehead atoms. The number of aryl methyl sites for hydroxylation is 1. The molecule has 0 radical (unpaired) electrons. The van der Waals surface area contributed by atoms with Crippen molar-refractivity contribution >= 4 is 21.8 Å². The topological polar surface area (TPSA) is 130 Å². The van der Waals surface area contributed by atoms with Crippen molar-refractivity contribution in [1.82, 2.24) is 10.2 Å². The molecule has 0 fully saturated rings. The van der Waals surface area contributed by atoms with Gasteiger partial charge in [-0.2, -0.15) is 0 Å². The zero-order valence-corrected chi connectivity index (χ0v) is 25.1. The van der Waals surface area contributed by atoms with E-state index >= 15 is 0 Å². The third-order valence-corrected chi connectivity index (χ3v) is 9.49. The second-order valence-corrected chi connectivity index (χ2v) is 13.1. The first-order valence-corrected chi connectivity index (χ1v) is 16.1. The molecule has 0 saturated carbocycles. The Bertz CT molecular complexity index is 1180. The van der Waals surface area contributed by atoms with Crippen molar-refractivity contribution in [3.8, 4) is 0 Å². The summed E-state index contributed by atoms with van der Waals surface area (Å²) in [6, 6.07) is 5.57. The Balaban J connectivity index is 2.31. The average Bonchev–Trinajstić information content (AvgIpc) is 2.89. The van der Waals surface area contributed by atoms with Crippen LogP contribution >= 0.6 is 0 Å². The molecule has 0 aliphatic heterocycles. The molecule has 0 saturated heterocycles. The van der Waals surface area contributed by atoms with Gasteiger partial charge < -0.3 is 21.1 Å². The van der Waals surface area contributed by atoms with E-state index in [4.69, 9.17) is 5.73 Å².